The van der Waals surface area contributed by atoms with Gasteiger partial charge in [0.15, 0.2) is 5.11 Å². The molecule has 0 radical (unpaired) electrons. The second kappa shape index (κ2) is 9.72. The Balaban J connectivity index is 1.70. The molecule has 3 aromatic rings. The Morgan fingerprint density at radius 2 is 1.76 bits per heavy atom. The maximum Gasteiger partial charge on any atom is 0.335 e. The van der Waals surface area contributed by atoms with E-state index < -0.39 is 5.97 Å². The Morgan fingerprint density at radius 1 is 1.09 bits per heavy atom. The first-order valence-electron chi connectivity index (χ1n) is 10.3. The lowest BCUT2D eigenvalue weighted by Crippen LogP contribution is -2.25. The molecule has 172 valence electrons. The van der Waals surface area contributed by atoms with Gasteiger partial charge in [-0.15, -0.1) is 11.3 Å². The fourth-order valence-electron chi connectivity index (χ4n) is 3.27. The van der Waals surface area contributed by atoms with Crippen molar-refractivity contribution in [1.82, 2.24) is 5.43 Å². The third-order valence-corrected chi connectivity index (χ3v) is 6.42. The highest BCUT2D eigenvalue weighted by Gasteiger charge is 2.17. The minimum Gasteiger partial charge on any atom is -0.506 e. The Labute approximate surface area is 203 Å². The van der Waals surface area contributed by atoms with Crippen molar-refractivity contribution >= 4 is 46.0 Å². The molecule has 4 N–H and O–H groups in total. The van der Waals surface area contributed by atoms with Crippen LogP contribution >= 0.6 is 23.6 Å². The first-order valence-corrected chi connectivity index (χ1v) is 11.6. The van der Waals surface area contributed by atoms with Crippen LogP contribution in [0.5, 0.6) is 5.75 Å². The van der Waals surface area contributed by atoms with E-state index in [9.17, 15) is 9.90 Å². The number of hydrogen-bond donors (Lipinski definition) is 4. The zero-order chi connectivity index (χ0) is 24.3. The number of benzene rings is 2. The third-order valence-electron chi connectivity index (χ3n) is 5.21. The summed E-state index contributed by atoms with van der Waals surface area (Å²) in [5.41, 5.74) is 7.77. The number of aromatic hydroxyl groups is 1. The van der Waals surface area contributed by atoms with Gasteiger partial charge >= 0.3 is 5.97 Å². The van der Waals surface area contributed by atoms with E-state index in [-0.39, 0.29) is 21.8 Å². The summed E-state index contributed by atoms with van der Waals surface area (Å²) in [4.78, 5) is 11.9. The number of thiophene rings is 1. The molecule has 0 fully saturated rings. The molecule has 0 saturated heterocycles. The summed E-state index contributed by atoms with van der Waals surface area (Å²) in [5.74, 6) is -0.787. The van der Waals surface area contributed by atoms with E-state index in [0.717, 1.165) is 10.4 Å². The fraction of sp³-hybridized carbons (Fsp3) is 0.240. The minimum atomic E-state index is -0.972. The van der Waals surface area contributed by atoms with Crippen molar-refractivity contribution in [1.29, 1.82) is 0 Å². The average molecular weight is 482 g/mol. The van der Waals surface area contributed by atoms with Crippen molar-refractivity contribution in [3.8, 4) is 16.2 Å². The summed E-state index contributed by atoms with van der Waals surface area (Å²) in [6, 6.07) is 13.1. The van der Waals surface area contributed by atoms with Crippen molar-refractivity contribution < 1.29 is 15.0 Å². The smallest absolute Gasteiger partial charge is 0.335 e. The molecule has 0 aliphatic carbocycles. The Hall–Kier alpha value is -3.23. The van der Waals surface area contributed by atoms with Gasteiger partial charge in [-0.05, 0) is 66.4 Å². The van der Waals surface area contributed by atoms with E-state index in [4.69, 9.17) is 17.3 Å². The molecular weight excluding hydrogens is 454 g/mol. The molecule has 33 heavy (non-hydrogen) atoms. The van der Waals surface area contributed by atoms with E-state index >= 15 is 0 Å². The van der Waals surface area contributed by atoms with Gasteiger partial charge < -0.3 is 15.5 Å². The summed E-state index contributed by atoms with van der Waals surface area (Å²) in [5, 5.41) is 29.3. The molecule has 1 heterocycles. The van der Waals surface area contributed by atoms with Gasteiger partial charge in [-0.3, -0.25) is 5.43 Å². The van der Waals surface area contributed by atoms with Crippen molar-refractivity contribution in [2.24, 2.45) is 5.10 Å². The number of hydrogen-bond acceptors (Lipinski definition) is 5. The maximum absolute atomic E-state index is 11.1. The number of carbonyl (C=O) groups is 1. The Bertz CT molecular complexity index is 1220. The van der Waals surface area contributed by atoms with Crippen LogP contribution in [0.4, 0.5) is 5.69 Å². The lowest BCUT2D eigenvalue weighted by atomic mass is 9.86. The third kappa shape index (κ3) is 5.77. The number of nitrogens with one attached hydrogen (secondary N) is 2. The van der Waals surface area contributed by atoms with Crippen LogP contribution in [0.1, 0.15) is 54.7 Å². The Morgan fingerprint density at radius 3 is 2.33 bits per heavy atom. The molecular formula is C25H27N3O3S2. The largest absolute Gasteiger partial charge is 0.506 e. The SMILES string of the molecule is C/C(=N\NC(=S)Nc1ccc(C(=O)O)c(C)c1)c1csc(-c2ccc(C(C)(C)C)cc2)c1O. The number of carboxylic acids is 1. The van der Waals surface area contributed by atoms with Crippen LogP contribution in [0.2, 0.25) is 0 Å². The standard InChI is InChI=1S/C25H27N3O3S2/c1-14-12-18(10-11-19(14)23(30)31)26-24(32)28-27-15(2)20-13-33-22(21(20)29)16-6-8-17(9-7-16)25(3,4)5/h6-13,29H,1-5H3,(H,30,31)(H2,26,28,32)/b27-15+. The molecule has 0 saturated carbocycles. The summed E-state index contributed by atoms with van der Waals surface area (Å²) >= 11 is 6.74. The number of thiocarbonyl (C=S) groups is 1. The second-order valence-corrected chi connectivity index (χ2v) is 10.0. The summed E-state index contributed by atoms with van der Waals surface area (Å²) in [7, 11) is 0. The lowest BCUT2D eigenvalue weighted by molar-refractivity contribution is 0.0696. The molecule has 0 spiro atoms. The predicted molar refractivity (Wildman–Crippen MR) is 140 cm³/mol. The average Bonchev–Trinajstić information content (AvgIpc) is 3.12. The van der Waals surface area contributed by atoms with Crippen LogP contribution in [-0.4, -0.2) is 27.0 Å². The molecule has 0 atom stereocenters. The predicted octanol–water partition coefficient (Wildman–Crippen LogP) is 6.14. The van der Waals surface area contributed by atoms with Crippen LogP contribution in [-0.2, 0) is 5.41 Å². The highest BCUT2D eigenvalue weighted by Crippen LogP contribution is 2.39. The number of nitrogens with zero attached hydrogens (tertiary/aromatic N) is 1. The van der Waals surface area contributed by atoms with Gasteiger partial charge in [0.05, 0.1) is 21.7 Å². The van der Waals surface area contributed by atoms with E-state index in [1.807, 2.05) is 17.5 Å². The van der Waals surface area contributed by atoms with Gasteiger partial charge in [0.25, 0.3) is 0 Å². The highest BCUT2D eigenvalue weighted by molar-refractivity contribution is 7.80. The van der Waals surface area contributed by atoms with E-state index in [0.29, 0.717) is 22.5 Å². The van der Waals surface area contributed by atoms with Crippen molar-refractivity contribution in [2.45, 2.75) is 40.0 Å². The van der Waals surface area contributed by atoms with Crippen LogP contribution in [0.25, 0.3) is 10.4 Å². The molecule has 0 unspecified atom stereocenters. The number of rotatable bonds is 5. The van der Waals surface area contributed by atoms with Crippen LogP contribution in [0.15, 0.2) is 52.9 Å². The number of aromatic carboxylic acids is 1. The van der Waals surface area contributed by atoms with Crippen LogP contribution in [0, 0.1) is 6.92 Å². The minimum absolute atomic E-state index is 0.0690. The highest BCUT2D eigenvalue weighted by atomic mass is 32.1. The molecule has 0 aliphatic rings. The molecule has 2 aromatic carbocycles. The first-order chi connectivity index (χ1) is 15.5. The summed E-state index contributed by atoms with van der Waals surface area (Å²) in [6.45, 7) is 10.0. The van der Waals surface area contributed by atoms with E-state index in [1.54, 1.807) is 26.0 Å². The molecule has 0 bridgehead atoms. The molecule has 8 heteroatoms. The fourth-order valence-corrected chi connectivity index (χ4v) is 4.45. The van der Waals surface area contributed by atoms with Crippen LogP contribution < -0.4 is 10.7 Å². The van der Waals surface area contributed by atoms with Crippen molar-refractivity contribution in [2.75, 3.05) is 5.32 Å². The van der Waals surface area contributed by atoms with E-state index in [2.05, 4.69) is 48.7 Å². The number of aryl methyl sites for hydroxylation is 1. The topological polar surface area (TPSA) is 94.0 Å². The van der Waals surface area contributed by atoms with Gasteiger partial charge in [-0.1, -0.05) is 45.0 Å². The first kappa shape index (κ1) is 24.4. The number of anilines is 1. The molecule has 1 aromatic heterocycles. The zero-order valence-corrected chi connectivity index (χ0v) is 20.8. The van der Waals surface area contributed by atoms with Crippen LogP contribution in [0.3, 0.4) is 0 Å². The van der Waals surface area contributed by atoms with Gasteiger partial charge in [-0.25, -0.2) is 4.79 Å². The monoisotopic (exact) mass is 481 g/mol. The lowest BCUT2D eigenvalue weighted by Gasteiger charge is -2.19. The Kier molecular flexibility index (Phi) is 7.19. The molecule has 0 aliphatic heterocycles. The normalized spacial score (nSPS) is 11.8. The quantitative estimate of drug-likeness (QED) is 0.199. The van der Waals surface area contributed by atoms with E-state index in [1.165, 1.54) is 23.0 Å². The van der Waals surface area contributed by atoms with Gasteiger partial charge in [0.2, 0.25) is 0 Å². The summed E-state index contributed by atoms with van der Waals surface area (Å²) in [6.07, 6.45) is 0. The molecule has 3 rings (SSSR count). The number of hydrazone groups is 1. The van der Waals surface area contributed by atoms with Gasteiger partial charge in [0, 0.05) is 11.1 Å². The van der Waals surface area contributed by atoms with Crippen molar-refractivity contribution in [3.05, 3.63) is 70.1 Å². The second-order valence-electron chi connectivity index (χ2n) is 8.75. The zero-order valence-electron chi connectivity index (χ0n) is 19.2. The van der Waals surface area contributed by atoms with Crippen molar-refractivity contribution in [3.63, 3.8) is 0 Å². The number of carboxylic acid groups (broad SMARTS) is 1. The van der Waals surface area contributed by atoms with Gasteiger partial charge in [-0.2, -0.15) is 5.10 Å². The molecule has 0 amide bonds. The maximum atomic E-state index is 11.1. The van der Waals surface area contributed by atoms with Gasteiger partial charge in [0.1, 0.15) is 5.75 Å². The molecule has 6 nitrogen and oxygen atoms in total. The summed E-state index contributed by atoms with van der Waals surface area (Å²) < 4.78 is 0.